The second kappa shape index (κ2) is 8.86. The fraction of sp³-hybridized carbons (Fsp3) is 0.273. The van der Waals surface area contributed by atoms with Crippen LogP contribution < -0.4 is 5.32 Å². The first-order valence-corrected chi connectivity index (χ1v) is 12.2. The number of hydrogen-bond acceptors (Lipinski definition) is 5. The van der Waals surface area contributed by atoms with Crippen LogP contribution in [0.5, 0.6) is 0 Å². The summed E-state index contributed by atoms with van der Waals surface area (Å²) in [7, 11) is -2.55. The summed E-state index contributed by atoms with van der Waals surface area (Å²) in [4.78, 5) is 18.4. The van der Waals surface area contributed by atoms with Gasteiger partial charge in [-0.1, -0.05) is 30.3 Å². The molecule has 1 heterocycles. The number of rotatable bonds is 6. The minimum atomic E-state index is -3.89. The standard InChI is InChI=1S/C22H22FN3O3S2/c1-26(31(28,29)17-12-10-16(23)11-13-17)14-20(27)24-18-8-5-9-19-21(18)30-22(25-19)15-6-3-2-4-7-15/h2-4,6-7,10-13,18H,5,8-9,14H2,1H3,(H,24,27)/t18-/m1/s1. The molecular formula is C22H22FN3O3S2. The van der Waals surface area contributed by atoms with Crippen molar-refractivity contribution < 1.29 is 17.6 Å². The van der Waals surface area contributed by atoms with Crippen LogP contribution in [-0.2, 0) is 21.2 Å². The molecule has 2 aromatic carbocycles. The van der Waals surface area contributed by atoms with E-state index in [0.29, 0.717) is 0 Å². The summed E-state index contributed by atoms with van der Waals surface area (Å²) in [6.07, 6.45) is 2.55. The average molecular weight is 460 g/mol. The lowest BCUT2D eigenvalue weighted by atomic mass is 9.98. The lowest BCUT2D eigenvalue weighted by Crippen LogP contribution is -2.40. The molecule has 0 radical (unpaired) electrons. The number of carbonyl (C=O) groups is 1. The average Bonchev–Trinajstić information content (AvgIpc) is 3.20. The third-order valence-corrected chi connectivity index (χ3v) is 8.27. The van der Waals surface area contributed by atoms with Gasteiger partial charge in [0.15, 0.2) is 0 Å². The Bertz CT molecular complexity index is 1180. The van der Waals surface area contributed by atoms with Crippen LogP contribution in [0.15, 0.2) is 59.5 Å². The second-order valence-electron chi connectivity index (χ2n) is 7.42. The van der Waals surface area contributed by atoms with Gasteiger partial charge in [-0.05, 0) is 43.5 Å². The van der Waals surface area contributed by atoms with Gasteiger partial charge in [-0.15, -0.1) is 11.3 Å². The minimum absolute atomic E-state index is 0.0564. The molecule has 1 amide bonds. The van der Waals surface area contributed by atoms with Crippen LogP contribution in [0.1, 0.15) is 29.5 Å². The van der Waals surface area contributed by atoms with E-state index < -0.39 is 15.8 Å². The molecule has 9 heteroatoms. The number of carbonyl (C=O) groups excluding carboxylic acids is 1. The fourth-order valence-electron chi connectivity index (χ4n) is 3.58. The first-order chi connectivity index (χ1) is 14.8. The van der Waals surface area contributed by atoms with E-state index in [-0.39, 0.29) is 23.4 Å². The number of sulfonamides is 1. The zero-order chi connectivity index (χ0) is 22.0. The van der Waals surface area contributed by atoms with Crippen LogP contribution in [0.4, 0.5) is 4.39 Å². The molecular weight excluding hydrogens is 437 g/mol. The smallest absolute Gasteiger partial charge is 0.243 e. The van der Waals surface area contributed by atoms with Crippen LogP contribution in [0.2, 0.25) is 0 Å². The van der Waals surface area contributed by atoms with Crippen LogP contribution in [0, 0.1) is 5.82 Å². The van der Waals surface area contributed by atoms with Crippen LogP contribution in [0.3, 0.4) is 0 Å². The third-order valence-electron chi connectivity index (χ3n) is 5.19. The lowest BCUT2D eigenvalue weighted by Gasteiger charge is -2.24. The predicted octanol–water partition coefficient (Wildman–Crippen LogP) is 3.76. The van der Waals surface area contributed by atoms with Gasteiger partial charge in [-0.2, -0.15) is 4.31 Å². The maximum atomic E-state index is 13.1. The fourth-order valence-corrected chi connectivity index (χ4v) is 5.90. The van der Waals surface area contributed by atoms with Crippen LogP contribution >= 0.6 is 11.3 Å². The van der Waals surface area contributed by atoms with E-state index in [2.05, 4.69) is 5.32 Å². The van der Waals surface area contributed by atoms with Gasteiger partial charge in [0, 0.05) is 12.6 Å². The Labute approximate surface area is 184 Å². The number of aromatic nitrogens is 1. The van der Waals surface area contributed by atoms with Crippen LogP contribution in [0.25, 0.3) is 10.6 Å². The summed E-state index contributed by atoms with van der Waals surface area (Å²) >= 11 is 1.57. The Balaban J connectivity index is 1.46. The Kier molecular flexibility index (Phi) is 6.17. The summed E-state index contributed by atoms with van der Waals surface area (Å²) in [5.74, 6) is -0.910. The molecule has 0 spiro atoms. The Morgan fingerprint density at radius 2 is 1.90 bits per heavy atom. The van der Waals surface area contributed by atoms with Gasteiger partial charge in [-0.3, -0.25) is 4.79 Å². The first-order valence-electron chi connectivity index (χ1n) is 9.91. The molecule has 1 aromatic heterocycles. The number of thiazole rings is 1. The van der Waals surface area contributed by atoms with Gasteiger partial charge >= 0.3 is 0 Å². The van der Waals surface area contributed by atoms with Gasteiger partial charge in [0.25, 0.3) is 0 Å². The van der Waals surface area contributed by atoms with Crippen molar-refractivity contribution in [2.24, 2.45) is 0 Å². The number of likely N-dealkylation sites (N-methyl/N-ethyl adjacent to an activating group) is 1. The van der Waals surface area contributed by atoms with E-state index in [9.17, 15) is 17.6 Å². The highest BCUT2D eigenvalue weighted by atomic mass is 32.2. The SMILES string of the molecule is CN(CC(=O)N[C@@H]1CCCc2nc(-c3ccccc3)sc21)S(=O)(=O)c1ccc(F)cc1. The molecule has 0 aliphatic heterocycles. The van der Waals surface area contributed by atoms with Crippen molar-refractivity contribution in [3.8, 4) is 10.6 Å². The van der Waals surface area contributed by atoms with Gasteiger partial charge in [0.1, 0.15) is 10.8 Å². The van der Waals surface area contributed by atoms with Gasteiger partial charge in [0.05, 0.1) is 28.1 Å². The number of hydrogen-bond donors (Lipinski definition) is 1. The van der Waals surface area contributed by atoms with E-state index in [1.54, 1.807) is 11.3 Å². The number of halogens is 1. The molecule has 0 unspecified atom stereocenters. The largest absolute Gasteiger partial charge is 0.347 e. The topological polar surface area (TPSA) is 79.4 Å². The number of benzene rings is 2. The lowest BCUT2D eigenvalue weighted by molar-refractivity contribution is -0.121. The van der Waals surface area contributed by atoms with Crippen molar-refractivity contribution in [1.82, 2.24) is 14.6 Å². The summed E-state index contributed by atoms with van der Waals surface area (Å²) < 4.78 is 39.4. The zero-order valence-corrected chi connectivity index (χ0v) is 18.5. The quantitative estimate of drug-likeness (QED) is 0.609. The van der Waals surface area contributed by atoms with Crippen molar-refractivity contribution in [2.75, 3.05) is 13.6 Å². The molecule has 0 fully saturated rings. The number of nitrogens with one attached hydrogen (secondary N) is 1. The summed E-state index contributed by atoms with van der Waals surface area (Å²) in [5, 5.41) is 3.89. The van der Waals surface area contributed by atoms with Crippen molar-refractivity contribution in [1.29, 1.82) is 0 Å². The van der Waals surface area contributed by atoms with E-state index in [1.807, 2.05) is 30.3 Å². The van der Waals surface area contributed by atoms with E-state index in [4.69, 9.17) is 4.98 Å². The van der Waals surface area contributed by atoms with Crippen molar-refractivity contribution in [3.05, 3.63) is 71.0 Å². The molecule has 1 atom stereocenters. The van der Waals surface area contributed by atoms with Gasteiger partial charge in [-0.25, -0.2) is 17.8 Å². The highest BCUT2D eigenvalue weighted by Gasteiger charge is 2.28. The molecule has 0 saturated carbocycles. The molecule has 4 rings (SSSR count). The molecule has 6 nitrogen and oxygen atoms in total. The molecule has 162 valence electrons. The summed E-state index contributed by atoms with van der Waals surface area (Å²) in [6, 6.07) is 14.3. The number of fused-ring (bicyclic) bond motifs is 1. The molecule has 3 aromatic rings. The molecule has 1 aliphatic carbocycles. The number of amides is 1. The minimum Gasteiger partial charge on any atom is -0.347 e. The predicted molar refractivity (Wildman–Crippen MR) is 118 cm³/mol. The summed E-state index contributed by atoms with van der Waals surface area (Å²) in [6.45, 7) is -0.324. The normalized spacial score (nSPS) is 16.2. The van der Waals surface area contributed by atoms with Crippen molar-refractivity contribution in [2.45, 2.75) is 30.2 Å². The molecule has 1 aliphatic rings. The monoisotopic (exact) mass is 459 g/mol. The maximum absolute atomic E-state index is 13.1. The number of aryl methyl sites for hydroxylation is 1. The van der Waals surface area contributed by atoms with E-state index >= 15 is 0 Å². The second-order valence-corrected chi connectivity index (χ2v) is 10.5. The highest BCUT2D eigenvalue weighted by molar-refractivity contribution is 7.89. The van der Waals surface area contributed by atoms with E-state index in [1.165, 1.54) is 19.2 Å². The Morgan fingerprint density at radius 3 is 2.61 bits per heavy atom. The third kappa shape index (κ3) is 4.68. The maximum Gasteiger partial charge on any atom is 0.243 e. The van der Waals surface area contributed by atoms with Crippen molar-refractivity contribution >= 4 is 27.3 Å². The number of nitrogens with zero attached hydrogens (tertiary/aromatic N) is 2. The molecule has 1 N–H and O–H groups in total. The summed E-state index contributed by atoms with van der Waals surface area (Å²) in [5.41, 5.74) is 2.03. The van der Waals surface area contributed by atoms with Gasteiger partial charge < -0.3 is 5.32 Å². The highest BCUT2D eigenvalue weighted by Crippen LogP contribution is 2.37. The van der Waals surface area contributed by atoms with Crippen LogP contribution in [-0.4, -0.2) is 37.2 Å². The first kappa shape index (κ1) is 21.6. The van der Waals surface area contributed by atoms with E-state index in [0.717, 1.165) is 56.8 Å². The Morgan fingerprint density at radius 1 is 1.19 bits per heavy atom. The van der Waals surface area contributed by atoms with Gasteiger partial charge in [0.2, 0.25) is 15.9 Å². The zero-order valence-electron chi connectivity index (χ0n) is 16.9. The Hall–Kier alpha value is -2.62. The van der Waals surface area contributed by atoms with Crippen molar-refractivity contribution in [3.63, 3.8) is 0 Å². The molecule has 0 bridgehead atoms. The molecule has 0 saturated heterocycles. The molecule has 31 heavy (non-hydrogen) atoms.